The lowest BCUT2D eigenvalue weighted by atomic mass is 9.76. The molecule has 0 unspecified atom stereocenters. The minimum atomic E-state index is -2.02. The minimum Gasteiger partial charge on any atom is -0.444 e. The van der Waals surface area contributed by atoms with Gasteiger partial charge in [-0.2, -0.15) is 0 Å². The number of carbonyl (C=O) groups is 3. The molecule has 0 aliphatic heterocycles. The van der Waals surface area contributed by atoms with Crippen LogP contribution in [0.3, 0.4) is 0 Å². The van der Waals surface area contributed by atoms with Crippen LogP contribution in [-0.4, -0.2) is 43.7 Å². The molecule has 0 aromatic rings. The first-order valence-electron chi connectivity index (χ1n) is 9.83. The van der Waals surface area contributed by atoms with Crippen molar-refractivity contribution in [1.29, 1.82) is 0 Å². The number of Topliss-reactive ketones (excluding diaryl/α,β-unsaturated/α-hetero) is 2. The van der Waals surface area contributed by atoms with Crippen LogP contribution in [0.4, 0.5) is 4.79 Å². The quantitative estimate of drug-likeness (QED) is 0.578. The molecule has 7 heteroatoms. The highest BCUT2D eigenvalue weighted by Gasteiger charge is 2.52. The van der Waals surface area contributed by atoms with Crippen molar-refractivity contribution in [3.8, 4) is 0 Å². The van der Waals surface area contributed by atoms with Gasteiger partial charge in [-0.3, -0.25) is 9.59 Å². The summed E-state index contributed by atoms with van der Waals surface area (Å²) in [4.78, 5) is 37.1. The van der Waals surface area contributed by atoms with E-state index < -0.39 is 32.0 Å². The summed E-state index contributed by atoms with van der Waals surface area (Å²) in [5.74, 6) is -0.911. The van der Waals surface area contributed by atoms with Gasteiger partial charge in [0.2, 0.25) is 0 Å². The number of hydrogen-bond acceptors (Lipinski definition) is 5. The van der Waals surface area contributed by atoms with Crippen LogP contribution in [0.25, 0.3) is 0 Å². The molecule has 2 rings (SSSR count). The summed E-state index contributed by atoms with van der Waals surface area (Å²) >= 11 is 0. The maximum absolute atomic E-state index is 12.4. The van der Waals surface area contributed by atoms with Crippen LogP contribution < -0.4 is 5.32 Å². The Kier molecular flexibility index (Phi) is 5.98. The molecule has 0 aromatic carbocycles. The lowest BCUT2D eigenvalue weighted by Crippen LogP contribution is -2.54. The number of hydrogen-bond donors (Lipinski definition) is 1. The lowest BCUT2D eigenvalue weighted by Gasteiger charge is -2.44. The van der Waals surface area contributed by atoms with Gasteiger partial charge in [-0.1, -0.05) is 20.8 Å². The molecule has 0 spiro atoms. The summed E-state index contributed by atoms with van der Waals surface area (Å²) in [7, 11) is -2.02. The third-order valence-corrected chi connectivity index (χ3v) is 10.5. The van der Waals surface area contributed by atoms with E-state index in [1.807, 2.05) is 0 Å². The molecule has 6 nitrogen and oxygen atoms in total. The first-order chi connectivity index (χ1) is 12.1. The Hall–Kier alpha value is -1.21. The Balaban J connectivity index is 2.19. The Morgan fingerprint density at radius 1 is 1.04 bits per heavy atom. The molecular weight excluding hydrogens is 362 g/mol. The van der Waals surface area contributed by atoms with Gasteiger partial charge in [0.25, 0.3) is 0 Å². The summed E-state index contributed by atoms with van der Waals surface area (Å²) < 4.78 is 11.9. The number of ketones is 2. The van der Waals surface area contributed by atoms with E-state index in [2.05, 4.69) is 39.2 Å². The molecule has 2 fully saturated rings. The minimum absolute atomic E-state index is 0.0236. The number of ether oxygens (including phenoxy) is 1. The van der Waals surface area contributed by atoms with Crippen LogP contribution in [0.15, 0.2) is 0 Å². The first kappa shape index (κ1) is 22.1. The van der Waals surface area contributed by atoms with Gasteiger partial charge in [-0.05, 0) is 51.7 Å². The second-order valence-electron chi connectivity index (χ2n) is 10.5. The molecule has 1 amide bonds. The topological polar surface area (TPSA) is 81.7 Å². The molecule has 0 heterocycles. The highest BCUT2D eigenvalue weighted by atomic mass is 28.4. The third-order valence-electron chi connectivity index (χ3n) is 6.00. The molecule has 2 saturated carbocycles. The molecule has 2 aliphatic rings. The normalized spacial score (nSPS) is 29.5. The standard InChI is InChI=1S/C20H35NO5Si/c1-19(2,3)25-18(24)21-14-10-12(26-27(7,8)20(4,5)6)9-13-15(22)11-16(23)17(13)14/h12-14,17H,9-11H2,1-8H3,(H,21,24)/t12-,13-,14-,17+/m1/s1. The van der Waals surface area contributed by atoms with Gasteiger partial charge in [0.15, 0.2) is 8.32 Å². The van der Waals surface area contributed by atoms with E-state index in [1.165, 1.54) is 0 Å². The van der Waals surface area contributed by atoms with Gasteiger partial charge < -0.3 is 14.5 Å². The number of alkyl carbamates (subject to hydrolysis) is 1. The van der Waals surface area contributed by atoms with Crippen molar-refractivity contribution < 1.29 is 23.5 Å². The van der Waals surface area contributed by atoms with Gasteiger partial charge in [0, 0.05) is 24.0 Å². The number of amides is 1. The highest BCUT2D eigenvalue weighted by Crippen LogP contribution is 2.43. The zero-order valence-electron chi connectivity index (χ0n) is 18.0. The first-order valence-corrected chi connectivity index (χ1v) is 12.7. The van der Waals surface area contributed by atoms with Gasteiger partial charge in [-0.25, -0.2) is 4.79 Å². The maximum Gasteiger partial charge on any atom is 0.407 e. The summed E-state index contributed by atoms with van der Waals surface area (Å²) in [5.41, 5.74) is -0.620. The van der Waals surface area contributed by atoms with E-state index in [0.717, 1.165) is 0 Å². The Labute approximate surface area is 163 Å². The summed E-state index contributed by atoms with van der Waals surface area (Å²) in [5, 5.41) is 2.90. The fraction of sp³-hybridized carbons (Fsp3) is 0.850. The Morgan fingerprint density at radius 2 is 1.63 bits per heavy atom. The molecule has 0 bridgehead atoms. The van der Waals surface area contributed by atoms with Crippen molar-refractivity contribution >= 4 is 26.0 Å². The van der Waals surface area contributed by atoms with Crippen LogP contribution in [-0.2, 0) is 18.8 Å². The van der Waals surface area contributed by atoms with Crippen LogP contribution in [0.5, 0.6) is 0 Å². The monoisotopic (exact) mass is 397 g/mol. The molecule has 4 atom stereocenters. The SMILES string of the molecule is CC(C)(C)OC(=O)N[C@@H]1C[C@H](O[Si](C)(C)C(C)(C)C)C[C@@H]2C(=O)CC(=O)[C@@H]21. The second kappa shape index (κ2) is 7.31. The fourth-order valence-electron chi connectivity index (χ4n) is 3.73. The predicted molar refractivity (Wildman–Crippen MR) is 106 cm³/mol. The van der Waals surface area contributed by atoms with E-state index >= 15 is 0 Å². The molecule has 0 aromatic heterocycles. The van der Waals surface area contributed by atoms with Gasteiger partial charge >= 0.3 is 6.09 Å². The van der Waals surface area contributed by atoms with Crippen LogP contribution in [0.1, 0.15) is 60.8 Å². The zero-order chi connectivity index (χ0) is 20.8. The predicted octanol–water partition coefficient (Wildman–Crippen LogP) is 3.84. The molecule has 0 radical (unpaired) electrons. The van der Waals surface area contributed by atoms with Crippen molar-refractivity contribution in [3.63, 3.8) is 0 Å². The smallest absolute Gasteiger partial charge is 0.407 e. The van der Waals surface area contributed by atoms with Gasteiger partial charge in [0.1, 0.15) is 17.2 Å². The van der Waals surface area contributed by atoms with Crippen molar-refractivity contribution in [2.75, 3.05) is 0 Å². The number of carbonyl (C=O) groups excluding carboxylic acids is 3. The van der Waals surface area contributed by atoms with E-state index in [0.29, 0.717) is 12.8 Å². The third kappa shape index (κ3) is 5.19. The summed E-state index contributed by atoms with van der Waals surface area (Å²) in [6.45, 7) is 16.3. The maximum atomic E-state index is 12.4. The fourth-order valence-corrected chi connectivity index (χ4v) is 5.11. The molecule has 2 aliphatic carbocycles. The highest BCUT2D eigenvalue weighted by molar-refractivity contribution is 6.74. The number of nitrogens with one attached hydrogen (secondary N) is 1. The van der Waals surface area contributed by atoms with Crippen molar-refractivity contribution in [2.45, 2.75) is 96.7 Å². The van der Waals surface area contributed by atoms with Crippen LogP contribution in [0, 0.1) is 11.8 Å². The molecule has 27 heavy (non-hydrogen) atoms. The molecule has 154 valence electrons. The lowest BCUT2D eigenvalue weighted by molar-refractivity contribution is -0.123. The van der Waals surface area contributed by atoms with Crippen molar-refractivity contribution in [3.05, 3.63) is 0 Å². The Bertz CT molecular complexity index is 617. The van der Waals surface area contributed by atoms with E-state index in [9.17, 15) is 14.4 Å². The summed E-state index contributed by atoms with van der Waals surface area (Å²) in [6.07, 6.45) is 0.378. The van der Waals surface area contributed by atoms with E-state index in [-0.39, 0.29) is 35.0 Å². The Morgan fingerprint density at radius 3 is 2.15 bits per heavy atom. The zero-order valence-corrected chi connectivity index (χ0v) is 19.0. The summed E-state index contributed by atoms with van der Waals surface area (Å²) in [6, 6.07) is -0.424. The molecule has 1 N–H and O–H groups in total. The second-order valence-corrected chi connectivity index (χ2v) is 15.2. The van der Waals surface area contributed by atoms with Gasteiger partial charge in [0.05, 0.1) is 6.42 Å². The molecule has 0 saturated heterocycles. The van der Waals surface area contributed by atoms with Gasteiger partial charge in [-0.15, -0.1) is 0 Å². The largest absolute Gasteiger partial charge is 0.444 e. The van der Waals surface area contributed by atoms with Crippen molar-refractivity contribution in [1.82, 2.24) is 5.32 Å². The number of fused-ring (bicyclic) bond motifs is 1. The van der Waals surface area contributed by atoms with Crippen LogP contribution in [0.2, 0.25) is 18.1 Å². The molecular formula is C20H35NO5Si. The van der Waals surface area contributed by atoms with E-state index in [4.69, 9.17) is 9.16 Å². The average molecular weight is 398 g/mol. The van der Waals surface area contributed by atoms with Crippen LogP contribution >= 0.6 is 0 Å². The van der Waals surface area contributed by atoms with E-state index in [1.54, 1.807) is 20.8 Å². The number of rotatable bonds is 3. The van der Waals surface area contributed by atoms with Crippen molar-refractivity contribution in [2.24, 2.45) is 11.8 Å². The average Bonchev–Trinajstić information content (AvgIpc) is 2.69.